The van der Waals surface area contributed by atoms with Crippen LogP contribution in [0.5, 0.6) is 0 Å². The first kappa shape index (κ1) is 10.9. The first-order valence-corrected chi connectivity index (χ1v) is 5.28. The number of carbonyl (C=O) groups is 1. The van der Waals surface area contributed by atoms with Gasteiger partial charge in [-0.1, -0.05) is 0 Å². The van der Waals surface area contributed by atoms with Crippen LogP contribution in [0.3, 0.4) is 0 Å². The van der Waals surface area contributed by atoms with E-state index in [1.807, 2.05) is 26.8 Å². The van der Waals surface area contributed by atoms with Crippen LogP contribution in [-0.2, 0) is 11.2 Å². The van der Waals surface area contributed by atoms with Crippen molar-refractivity contribution in [1.82, 2.24) is 10.2 Å². The van der Waals surface area contributed by atoms with Crippen LogP contribution in [0, 0.1) is 0 Å². The number of rotatable bonds is 0. The van der Waals surface area contributed by atoms with E-state index in [2.05, 4.69) is 10.2 Å². The Morgan fingerprint density at radius 1 is 1.50 bits per heavy atom. The van der Waals surface area contributed by atoms with Gasteiger partial charge in [-0.25, -0.2) is 4.79 Å². The lowest BCUT2D eigenvalue weighted by atomic mass is 10.2. The van der Waals surface area contributed by atoms with Crippen molar-refractivity contribution in [3.05, 3.63) is 17.8 Å². The number of nitrogens with zero attached hydrogens (tertiary/aromatic N) is 3. The molecule has 86 valence electrons. The predicted octanol–water partition coefficient (Wildman–Crippen LogP) is 1.77. The molecule has 1 aliphatic heterocycles. The van der Waals surface area contributed by atoms with Crippen LogP contribution in [0.15, 0.2) is 12.3 Å². The Balaban J connectivity index is 2.16. The molecule has 0 atom stereocenters. The number of anilines is 1. The minimum atomic E-state index is -0.484. The number of ether oxygens (including phenoxy) is 1. The molecule has 0 spiro atoms. The van der Waals surface area contributed by atoms with Crippen LogP contribution in [0.25, 0.3) is 0 Å². The summed E-state index contributed by atoms with van der Waals surface area (Å²) in [7, 11) is 0. The molecule has 1 amide bonds. The normalized spacial score (nSPS) is 14.8. The fourth-order valence-electron chi connectivity index (χ4n) is 1.61. The van der Waals surface area contributed by atoms with E-state index in [-0.39, 0.29) is 6.09 Å². The van der Waals surface area contributed by atoms with Crippen LogP contribution >= 0.6 is 0 Å². The summed E-state index contributed by atoms with van der Waals surface area (Å²) in [5.74, 6) is 0.622. The second-order valence-corrected chi connectivity index (χ2v) is 4.76. The molecule has 16 heavy (non-hydrogen) atoms. The van der Waals surface area contributed by atoms with Crippen molar-refractivity contribution in [2.24, 2.45) is 0 Å². The fourth-order valence-corrected chi connectivity index (χ4v) is 1.61. The summed E-state index contributed by atoms with van der Waals surface area (Å²) in [6.45, 7) is 6.15. The highest BCUT2D eigenvalue weighted by molar-refractivity contribution is 5.88. The monoisotopic (exact) mass is 221 g/mol. The molecule has 0 saturated heterocycles. The van der Waals surface area contributed by atoms with Crippen molar-refractivity contribution in [2.45, 2.75) is 32.8 Å². The van der Waals surface area contributed by atoms with Gasteiger partial charge in [0.1, 0.15) is 5.60 Å². The summed E-state index contributed by atoms with van der Waals surface area (Å²) in [6, 6.07) is 1.88. The van der Waals surface area contributed by atoms with Gasteiger partial charge in [0.2, 0.25) is 0 Å². The zero-order valence-corrected chi connectivity index (χ0v) is 9.73. The highest BCUT2D eigenvalue weighted by Crippen LogP contribution is 2.25. The van der Waals surface area contributed by atoms with Gasteiger partial charge in [-0.2, -0.15) is 5.10 Å². The number of aromatic nitrogens is 2. The number of carbonyl (C=O) groups excluding carboxylic acids is 1. The summed E-state index contributed by atoms with van der Waals surface area (Å²) in [5, 5.41) is 7.75. The van der Waals surface area contributed by atoms with Gasteiger partial charge in [0.15, 0.2) is 5.82 Å². The lowest BCUT2D eigenvalue weighted by molar-refractivity contribution is 0.0582. The minimum Gasteiger partial charge on any atom is -0.443 e. The van der Waals surface area contributed by atoms with Gasteiger partial charge in [-0.05, 0) is 33.3 Å². The number of amides is 1. The molecular formula is C11H15N3O2. The standard InChI is InChI=1S/C11H15N3O2/c1-11(2,3)16-10(15)14-7-5-8-4-6-12-13-9(8)14/h4,6H,5,7H2,1-3H3. The van der Waals surface area contributed by atoms with Gasteiger partial charge in [0, 0.05) is 12.1 Å². The van der Waals surface area contributed by atoms with Crippen LogP contribution < -0.4 is 4.90 Å². The van der Waals surface area contributed by atoms with Gasteiger partial charge in [-0.3, -0.25) is 4.90 Å². The molecule has 0 fully saturated rings. The van der Waals surface area contributed by atoms with E-state index >= 15 is 0 Å². The van der Waals surface area contributed by atoms with Gasteiger partial charge >= 0.3 is 6.09 Å². The molecule has 0 saturated carbocycles. The van der Waals surface area contributed by atoms with E-state index < -0.39 is 5.60 Å². The SMILES string of the molecule is CC(C)(C)OC(=O)N1CCc2ccnnc21. The topological polar surface area (TPSA) is 55.3 Å². The molecule has 0 unspecified atom stereocenters. The van der Waals surface area contributed by atoms with E-state index in [9.17, 15) is 4.79 Å². The zero-order chi connectivity index (χ0) is 11.8. The van der Waals surface area contributed by atoms with Crippen LogP contribution in [0.2, 0.25) is 0 Å². The molecule has 2 rings (SSSR count). The van der Waals surface area contributed by atoms with Crippen molar-refractivity contribution >= 4 is 11.9 Å². The van der Waals surface area contributed by atoms with Gasteiger partial charge in [-0.15, -0.1) is 5.10 Å². The highest BCUT2D eigenvalue weighted by Gasteiger charge is 2.30. The molecule has 1 aromatic heterocycles. The zero-order valence-electron chi connectivity index (χ0n) is 9.73. The Hall–Kier alpha value is -1.65. The third-order valence-corrected chi connectivity index (χ3v) is 2.26. The fraction of sp³-hybridized carbons (Fsp3) is 0.545. The van der Waals surface area contributed by atoms with Gasteiger partial charge in [0.05, 0.1) is 6.20 Å². The van der Waals surface area contributed by atoms with E-state index in [0.29, 0.717) is 12.4 Å². The number of hydrogen-bond donors (Lipinski definition) is 0. The maximum Gasteiger partial charge on any atom is 0.416 e. The Morgan fingerprint density at radius 3 is 2.94 bits per heavy atom. The molecule has 1 aromatic rings. The van der Waals surface area contributed by atoms with Gasteiger partial charge < -0.3 is 4.74 Å². The molecule has 0 aliphatic carbocycles. The van der Waals surface area contributed by atoms with E-state index in [1.165, 1.54) is 4.90 Å². The molecule has 2 heterocycles. The maximum atomic E-state index is 11.9. The Kier molecular flexibility index (Phi) is 2.53. The third kappa shape index (κ3) is 2.13. The molecule has 0 N–H and O–H groups in total. The molecule has 5 heteroatoms. The lowest BCUT2D eigenvalue weighted by Gasteiger charge is -2.23. The second kappa shape index (κ2) is 3.73. The van der Waals surface area contributed by atoms with Crippen LogP contribution in [0.4, 0.5) is 10.6 Å². The molecular weight excluding hydrogens is 206 g/mol. The summed E-state index contributed by atoms with van der Waals surface area (Å²) in [4.78, 5) is 13.4. The smallest absolute Gasteiger partial charge is 0.416 e. The molecule has 0 bridgehead atoms. The number of fused-ring (bicyclic) bond motifs is 1. The summed E-state index contributed by atoms with van der Waals surface area (Å²) >= 11 is 0. The Labute approximate surface area is 94.4 Å². The predicted molar refractivity (Wildman–Crippen MR) is 59.3 cm³/mol. The Morgan fingerprint density at radius 2 is 2.25 bits per heavy atom. The Bertz CT molecular complexity index is 412. The largest absolute Gasteiger partial charge is 0.443 e. The maximum absolute atomic E-state index is 11.9. The minimum absolute atomic E-state index is 0.355. The van der Waals surface area contributed by atoms with Crippen molar-refractivity contribution in [3.8, 4) is 0 Å². The molecule has 1 aliphatic rings. The first-order chi connectivity index (χ1) is 7.47. The van der Waals surface area contributed by atoms with Crippen molar-refractivity contribution < 1.29 is 9.53 Å². The molecule has 0 aromatic carbocycles. The first-order valence-electron chi connectivity index (χ1n) is 5.28. The highest BCUT2D eigenvalue weighted by atomic mass is 16.6. The van der Waals surface area contributed by atoms with E-state index in [0.717, 1.165) is 12.0 Å². The second-order valence-electron chi connectivity index (χ2n) is 4.76. The summed E-state index contributed by atoms with van der Waals surface area (Å²) in [5.41, 5.74) is 0.558. The lowest BCUT2D eigenvalue weighted by Crippen LogP contribution is -2.36. The number of hydrogen-bond acceptors (Lipinski definition) is 4. The molecule has 5 nitrogen and oxygen atoms in total. The van der Waals surface area contributed by atoms with E-state index in [1.54, 1.807) is 6.20 Å². The average Bonchev–Trinajstić information content (AvgIpc) is 2.58. The van der Waals surface area contributed by atoms with Crippen molar-refractivity contribution in [1.29, 1.82) is 0 Å². The quantitative estimate of drug-likeness (QED) is 0.670. The summed E-state index contributed by atoms with van der Waals surface area (Å²) < 4.78 is 5.30. The summed E-state index contributed by atoms with van der Waals surface area (Å²) in [6.07, 6.45) is 2.09. The van der Waals surface area contributed by atoms with Crippen molar-refractivity contribution in [3.63, 3.8) is 0 Å². The van der Waals surface area contributed by atoms with Crippen LogP contribution in [0.1, 0.15) is 26.3 Å². The molecule has 0 radical (unpaired) electrons. The van der Waals surface area contributed by atoms with Crippen LogP contribution in [-0.4, -0.2) is 28.4 Å². The van der Waals surface area contributed by atoms with E-state index in [4.69, 9.17) is 4.74 Å². The average molecular weight is 221 g/mol. The van der Waals surface area contributed by atoms with Crippen molar-refractivity contribution in [2.75, 3.05) is 11.4 Å². The third-order valence-electron chi connectivity index (χ3n) is 2.26. The van der Waals surface area contributed by atoms with Gasteiger partial charge in [0.25, 0.3) is 0 Å².